The van der Waals surface area contributed by atoms with Gasteiger partial charge in [-0.3, -0.25) is 9.69 Å². The first-order valence-corrected chi connectivity index (χ1v) is 11.0. The van der Waals surface area contributed by atoms with Crippen molar-refractivity contribution < 1.29 is 9.90 Å². The number of fused-ring (bicyclic) bond motifs is 1. The third-order valence-corrected chi connectivity index (χ3v) is 7.43. The van der Waals surface area contributed by atoms with Crippen molar-refractivity contribution in [2.75, 3.05) is 13.1 Å². The number of aromatic amines is 1. The summed E-state index contributed by atoms with van der Waals surface area (Å²) in [6, 6.07) is 8.90. The molecule has 150 valence electrons. The quantitative estimate of drug-likeness (QED) is 0.856. The van der Waals surface area contributed by atoms with Gasteiger partial charge < -0.3 is 15.0 Å². The van der Waals surface area contributed by atoms with Crippen molar-refractivity contribution in [1.82, 2.24) is 14.8 Å². The molecule has 5 heteroatoms. The molecule has 2 saturated heterocycles. The molecule has 3 heterocycles. The van der Waals surface area contributed by atoms with Gasteiger partial charge in [-0.25, -0.2) is 0 Å². The van der Waals surface area contributed by atoms with Crippen LogP contribution in [0.2, 0.25) is 0 Å². The largest absolute Gasteiger partial charge is 0.393 e. The number of rotatable bonds is 3. The number of H-pyrrole nitrogens is 1. The number of hydrogen-bond acceptors (Lipinski definition) is 3. The molecule has 2 N–H and O–H groups in total. The van der Waals surface area contributed by atoms with Crippen LogP contribution in [-0.4, -0.2) is 56.6 Å². The average Bonchev–Trinajstić information content (AvgIpc) is 3.34. The van der Waals surface area contributed by atoms with Crippen molar-refractivity contribution in [2.45, 2.75) is 75.6 Å². The number of hydrogen-bond donors (Lipinski definition) is 2. The number of aliphatic hydroxyl groups excluding tert-OH is 1. The van der Waals surface area contributed by atoms with E-state index in [1.165, 1.54) is 16.5 Å². The van der Waals surface area contributed by atoms with Gasteiger partial charge in [0.2, 0.25) is 5.91 Å². The van der Waals surface area contributed by atoms with Crippen molar-refractivity contribution in [3.8, 4) is 0 Å². The molecule has 1 atom stereocenters. The van der Waals surface area contributed by atoms with Gasteiger partial charge in [-0.15, -0.1) is 0 Å². The second-order valence-electron chi connectivity index (χ2n) is 8.98. The molecule has 1 amide bonds. The summed E-state index contributed by atoms with van der Waals surface area (Å²) in [6.07, 6.45) is 9.57. The summed E-state index contributed by atoms with van der Waals surface area (Å²) in [5.41, 5.74) is 2.17. The Morgan fingerprint density at radius 1 is 1.07 bits per heavy atom. The molecule has 1 spiro atoms. The van der Waals surface area contributed by atoms with Crippen molar-refractivity contribution in [3.05, 3.63) is 36.0 Å². The first-order valence-electron chi connectivity index (χ1n) is 11.0. The molecule has 28 heavy (non-hydrogen) atoms. The smallest absolute Gasteiger partial charge is 0.243 e. The summed E-state index contributed by atoms with van der Waals surface area (Å²) < 4.78 is 0. The third kappa shape index (κ3) is 2.96. The number of piperidine rings is 1. The van der Waals surface area contributed by atoms with Gasteiger partial charge in [0.05, 0.1) is 6.10 Å². The molecule has 2 aromatic rings. The van der Waals surface area contributed by atoms with E-state index in [-0.39, 0.29) is 11.6 Å². The second-order valence-corrected chi connectivity index (χ2v) is 8.98. The Balaban J connectivity index is 1.39. The summed E-state index contributed by atoms with van der Waals surface area (Å²) in [5.74, 6) is 0.360. The summed E-state index contributed by atoms with van der Waals surface area (Å²) in [5, 5.41) is 11.1. The number of aromatic nitrogens is 1. The van der Waals surface area contributed by atoms with Gasteiger partial charge in [0.1, 0.15) is 5.54 Å². The van der Waals surface area contributed by atoms with E-state index in [0.29, 0.717) is 11.9 Å². The molecule has 3 fully saturated rings. The number of aliphatic hydroxyl groups is 1. The predicted octanol–water partition coefficient (Wildman–Crippen LogP) is 3.43. The number of amides is 1. The zero-order valence-electron chi connectivity index (χ0n) is 16.6. The number of carbonyl (C=O) groups excluding carboxylic acids is 1. The van der Waals surface area contributed by atoms with E-state index in [1.807, 2.05) is 6.20 Å². The van der Waals surface area contributed by atoms with Crippen LogP contribution < -0.4 is 0 Å². The van der Waals surface area contributed by atoms with E-state index in [9.17, 15) is 9.90 Å². The third-order valence-electron chi connectivity index (χ3n) is 7.43. The molecular formula is C23H31N3O2. The van der Waals surface area contributed by atoms with Crippen LogP contribution in [0.4, 0.5) is 0 Å². The zero-order chi connectivity index (χ0) is 19.1. The molecule has 0 radical (unpaired) electrons. The molecule has 2 aliphatic heterocycles. The Kier molecular flexibility index (Phi) is 4.68. The van der Waals surface area contributed by atoms with Crippen LogP contribution >= 0.6 is 0 Å². The highest BCUT2D eigenvalue weighted by Crippen LogP contribution is 2.41. The van der Waals surface area contributed by atoms with Crippen molar-refractivity contribution in [1.29, 1.82) is 0 Å². The first kappa shape index (κ1) is 18.2. The Bertz CT molecular complexity index is 854. The molecule has 5 rings (SSSR count). The summed E-state index contributed by atoms with van der Waals surface area (Å²) in [7, 11) is 0. The molecule has 0 bridgehead atoms. The Morgan fingerprint density at radius 2 is 1.86 bits per heavy atom. The van der Waals surface area contributed by atoms with Gasteiger partial charge in [0.25, 0.3) is 0 Å². The van der Waals surface area contributed by atoms with Gasteiger partial charge in [-0.2, -0.15) is 0 Å². The van der Waals surface area contributed by atoms with E-state index in [0.717, 1.165) is 71.0 Å². The maximum absolute atomic E-state index is 13.8. The van der Waals surface area contributed by atoms with E-state index >= 15 is 0 Å². The maximum atomic E-state index is 13.8. The maximum Gasteiger partial charge on any atom is 0.243 e. The lowest BCUT2D eigenvalue weighted by molar-refractivity contribution is -0.152. The minimum atomic E-state index is -0.313. The fraction of sp³-hybridized carbons (Fsp3) is 0.609. The molecule has 1 aromatic heterocycles. The van der Waals surface area contributed by atoms with Crippen LogP contribution in [0, 0.1) is 0 Å². The lowest BCUT2D eigenvalue weighted by Crippen LogP contribution is -2.62. The number of carbonyl (C=O) groups is 1. The Labute approximate surface area is 166 Å². The van der Waals surface area contributed by atoms with Crippen molar-refractivity contribution >= 4 is 16.8 Å². The fourth-order valence-corrected chi connectivity index (χ4v) is 5.92. The van der Waals surface area contributed by atoms with Crippen LogP contribution in [0.5, 0.6) is 0 Å². The second kappa shape index (κ2) is 7.20. The molecule has 1 saturated carbocycles. The van der Waals surface area contributed by atoms with Gasteiger partial charge in [0, 0.05) is 36.2 Å². The Hall–Kier alpha value is -1.85. The predicted molar refractivity (Wildman–Crippen MR) is 110 cm³/mol. The zero-order valence-corrected chi connectivity index (χ0v) is 16.6. The minimum absolute atomic E-state index is 0.171. The molecule has 1 unspecified atom stereocenters. The standard InChI is InChI=1S/C23H31N3O2/c27-19-8-6-18(7-9-19)26-15-3-12-23(22(26)28)11-2-14-25(23)16-17-4-1-5-21-20(17)10-13-24-21/h1,4-5,10,13,18-19,24,27H,2-3,6-9,11-12,14-16H2. The van der Waals surface area contributed by atoms with Crippen LogP contribution in [0.15, 0.2) is 30.5 Å². The van der Waals surface area contributed by atoms with E-state index < -0.39 is 0 Å². The van der Waals surface area contributed by atoms with Crippen LogP contribution in [0.25, 0.3) is 10.9 Å². The summed E-state index contributed by atoms with van der Waals surface area (Å²) >= 11 is 0. The normalized spacial score (nSPS) is 31.9. The van der Waals surface area contributed by atoms with E-state index in [1.54, 1.807) is 0 Å². The number of likely N-dealkylation sites (tertiary alicyclic amines) is 2. The lowest BCUT2D eigenvalue weighted by Gasteiger charge is -2.48. The van der Waals surface area contributed by atoms with Crippen LogP contribution in [0.1, 0.15) is 56.9 Å². The monoisotopic (exact) mass is 381 g/mol. The molecule has 1 aliphatic carbocycles. The molecule has 3 aliphatic rings. The SMILES string of the molecule is O=C1N(C2CCC(O)CC2)CCCC12CCCN2Cc1cccc2[nH]ccc12. The van der Waals surface area contributed by atoms with E-state index in [4.69, 9.17) is 0 Å². The molecule has 5 nitrogen and oxygen atoms in total. The van der Waals surface area contributed by atoms with Gasteiger partial charge in [0.15, 0.2) is 0 Å². The van der Waals surface area contributed by atoms with Crippen molar-refractivity contribution in [3.63, 3.8) is 0 Å². The highest BCUT2D eigenvalue weighted by molar-refractivity contribution is 5.88. The van der Waals surface area contributed by atoms with Gasteiger partial charge in [-0.05, 0) is 75.6 Å². The highest BCUT2D eigenvalue weighted by atomic mass is 16.3. The summed E-state index contributed by atoms with van der Waals surface area (Å²) in [4.78, 5) is 21.7. The lowest BCUT2D eigenvalue weighted by atomic mass is 9.82. The van der Waals surface area contributed by atoms with Crippen molar-refractivity contribution in [2.24, 2.45) is 0 Å². The van der Waals surface area contributed by atoms with Gasteiger partial charge >= 0.3 is 0 Å². The Morgan fingerprint density at radius 3 is 2.68 bits per heavy atom. The average molecular weight is 382 g/mol. The number of benzene rings is 1. The van der Waals surface area contributed by atoms with Crippen LogP contribution in [0.3, 0.4) is 0 Å². The minimum Gasteiger partial charge on any atom is -0.393 e. The molecular weight excluding hydrogens is 350 g/mol. The summed E-state index contributed by atoms with van der Waals surface area (Å²) in [6.45, 7) is 2.74. The first-order chi connectivity index (χ1) is 13.7. The fourth-order valence-electron chi connectivity index (χ4n) is 5.92. The topological polar surface area (TPSA) is 59.6 Å². The molecule has 1 aromatic carbocycles. The van der Waals surface area contributed by atoms with Crippen LogP contribution in [-0.2, 0) is 11.3 Å². The van der Waals surface area contributed by atoms with E-state index in [2.05, 4.69) is 39.0 Å². The number of nitrogens with one attached hydrogen (secondary N) is 1. The van der Waals surface area contributed by atoms with Gasteiger partial charge in [-0.1, -0.05) is 12.1 Å². The highest BCUT2D eigenvalue weighted by Gasteiger charge is 2.51. The number of nitrogens with zero attached hydrogens (tertiary/aromatic N) is 2.